The summed E-state index contributed by atoms with van der Waals surface area (Å²) < 4.78 is 140. The minimum absolute atomic E-state index is 0. The zero-order chi connectivity index (χ0) is 60.8. The molecule has 0 radical (unpaired) electrons. The van der Waals surface area contributed by atoms with Crippen molar-refractivity contribution in [1.29, 1.82) is 0 Å². The molecule has 23 nitrogen and oxygen atoms in total. The Morgan fingerprint density at radius 1 is 0.860 bits per heavy atom. The Balaban J connectivity index is 0.00000591. The van der Waals surface area contributed by atoms with Crippen LogP contribution in [0.15, 0.2) is 38.4 Å². The molecule has 0 aromatic heterocycles. The summed E-state index contributed by atoms with van der Waals surface area (Å²) >= 11 is 1.82. The van der Waals surface area contributed by atoms with E-state index in [4.69, 9.17) is 27.7 Å². The number of carbonyl (C=O) groups is 2. The molecule has 7 aliphatic rings. The maximum atomic E-state index is 14.1. The van der Waals surface area contributed by atoms with E-state index in [2.05, 4.69) is 55.8 Å². The number of esters is 1. The van der Waals surface area contributed by atoms with Gasteiger partial charge in [-0.15, -0.1) is 10.2 Å². The molecule has 3 aliphatic heterocycles. The molecule has 1 aromatic rings. The molecule has 31 heteroatoms. The molecule has 2 amide bonds. The number of urea groups is 1. The molecule has 86 heavy (non-hydrogen) atoms. The molecule has 474 valence electrons. The first kappa shape index (κ1) is 73.1. The van der Waals surface area contributed by atoms with Crippen molar-refractivity contribution in [3.05, 3.63) is 29.3 Å². The van der Waals surface area contributed by atoms with Crippen LogP contribution < -0.4 is 84.7 Å². The van der Waals surface area contributed by atoms with E-state index >= 15 is 0 Å². The number of thioether (sulfide) groups is 1. The van der Waals surface area contributed by atoms with Crippen LogP contribution in [0.25, 0.3) is 0 Å². The number of nitrogens with one attached hydrogen (secondary N) is 2. The SMILES string of the molecule is C[C@@H](CCC[C@@H](C)[C@H]1CC[C@H]2[C@@H]3[C@H](O)C[C@H]4[C@@H](OC(=O)CCN=C([O-])c5ccc(C6(C(F)(F)F)N=N6)cc5OCCOCCOCCN=C([O-])CCCC[C@@H]5SC[C@@H]6NC(=O)N[C@@H]65)[C@H](OS(=O)(=O)O)CC[C@]4(C)[C@H]3CC[C@]12C)COS(=O)(=O)O.[Na+].[Na+]. The maximum Gasteiger partial charge on any atom is 1.00 e. The normalized spacial score (nSPS) is 31.8. The van der Waals surface area contributed by atoms with Crippen molar-refractivity contribution in [2.45, 2.75) is 171 Å². The molecule has 3 heterocycles. The predicted molar refractivity (Wildman–Crippen MR) is 296 cm³/mol. The van der Waals surface area contributed by atoms with Crippen LogP contribution in [0.2, 0.25) is 0 Å². The zero-order valence-corrected chi connectivity index (χ0v) is 56.4. The molecule has 6 fully saturated rings. The molecule has 0 unspecified atom stereocenters. The van der Waals surface area contributed by atoms with Gasteiger partial charge in [-0.3, -0.25) is 18.9 Å². The third-order valence-electron chi connectivity index (χ3n) is 19.2. The Hall–Kier alpha value is -1.94. The summed E-state index contributed by atoms with van der Waals surface area (Å²) in [5.41, 5.74) is -4.08. The van der Waals surface area contributed by atoms with Crippen LogP contribution in [0, 0.1) is 52.3 Å². The number of unbranched alkanes of at least 4 members (excludes halogenated alkanes) is 1. The number of ether oxygens (including phenoxy) is 4. The Kier molecular flexibility index (Phi) is 26.5. The summed E-state index contributed by atoms with van der Waals surface area (Å²) in [6.07, 6.45) is 0.819. The van der Waals surface area contributed by atoms with E-state index in [-0.39, 0.29) is 183 Å². The Labute approximate surface area is 550 Å². The summed E-state index contributed by atoms with van der Waals surface area (Å²) in [5, 5.41) is 50.8. The molecule has 0 bridgehead atoms. The predicted octanol–water partition coefficient (Wildman–Crippen LogP) is -0.130. The van der Waals surface area contributed by atoms with Gasteiger partial charge in [0.2, 0.25) is 0 Å². The summed E-state index contributed by atoms with van der Waals surface area (Å²) in [6, 6.07) is 3.26. The van der Waals surface area contributed by atoms with Gasteiger partial charge in [-0.25, -0.2) is 13.2 Å². The molecule has 8 rings (SSSR count). The number of carbonyl (C=O) groups excluding carboxylic acids is 2. The number of fused-ring (bicyclic) bond motifs is 6. The Bertz CT molecular complexity index is 2790. The average Bonchev–Trinajstić information content (AvgIpc) is 1.38. The first-order chi connectivity index (χ1) is 39.6. The van der Waals surface area contributed by atoms with Gasteiger partial charge in [-0.2, -0.15) is 41.8 Å². The van der Waals surface area contributed by atoms with Crippen molar-refractivity contribution in [1.82, 2.24) is 10.6 Å². The van der Waals surface area contributed by atoms with Crippen LogP contribution in [0.3, 0.4) is 0 Å². The molecular formula is C55H81F3N6Na2O17S3. The van der Waals surface area contributed by atoms with E-state index in [1.165, 1.54) is 0 Å². The van der Waals surface area contributed by atoms with E-state index in [1.54, 1.807) is 0 Å². The zero-order valence-electron chi connectivity index (χ0n) is 49.9. The van der Waals surface area contributed by atoms with E-state index in [9.17, 15) is 59.5 Å². The number of amides is 2. The summed E-state index contributed by atoms with van der Waals surface area (Å²) in [6.45, 7) is 8.28. The van der Waals surface area contributed by atoms with Gasteiger partial charge in [0.05, 0.1) is 64.2 Å². The Morgan fingerprint density at radius 2 is 1.56 bits per heavy atom. The first-order valence-corrected chi connectivity index (χ1v) is 33.1. The van der Waals surface area contributed by atoms with Crippen LogP contribution in [0.4, 0.5) is 18.0 Å². The largest absolute Gasteiger partial charge is 1.00 e. The molecule has 5 N–H and O–H groups in total. The Morgan fingerprint density at radius 3 is 2.26 bits per heavy atom. The fraction of sp³-hybridized carbons (Fsp3) is 0.818. The molecule has 4 aliphatic carbocycles. The van der Waals surface area contributed by atoms with Crippen LogP contribution in [0.1, 0.15) is 135 Å². The number of halogens is 3. The van der Waals surface area contributed by atoms with E-state index in [0.29, 0.717) is 36.3 Å². The van der Waals surface area contributed by atoms with Gasteiger partial charge < -0.3 is 49.9 Å². The van der Waals surface area contributed by atoms with Crippen molar-refractivity contribution in [3.63, 3.8) is 0 Å². The molecule has 0 spiro atoms. The van der Waals surface area contributed by atoms with Crippen molar-refractivity contribution in [2.24, 2.45) is 72.5 Å². The van der Waals surface area contributed by atoms with Crippen LogP contribution in [0.5, 0.6) is 5.75 Å². The molecular weight excluding hydrogens is 1220 g/mol. The molecule has 1 aromatic carbocycles. The van der Waals surface area contributed by atoms with Crippen LogP contribution >= 0.6 is 11.8 Å². The molecule has 4 saturated carbocycles. The van der Waals surface area contributed by atoms with Gasteiger partial charge in [0.1, 0.15) is 24.6 Å². The van der Waals surface area contributed by atoms with Crippen molar-refractivity contribution < 1.29 is 150 Å². The van der Waals surface area contributed by atoms with Gasteiger partial charge in [0, 0.05) is 34.6 Å². The summed E-state index contributed by atoms with van der Waals surface area (Å²) in [4.78, 5) is 33.4. The van der Waals surface area contributed by atoms with Gasteiger partial charge >= 0.3 is 104 Å². The summed E-state index contributed by atoms with van der Waals surface area (Å²) in [5.74, 6) is -1.27. The molecule has 2 saturated heterocycles. The second-order valence-corrected chi connectivity index (χ2v) is 27.9. The third-order valence-corrected chi connectivity index (χ3v) is 21.6. The maximum absolute atomic E-state index is 14.1. The van der Waals surface area contributed by atoms with E-state index < -0.39 is 92.7 Å². The number of hydrogen-bond donors (Lipinski definition) is 5. The second kappa shape index (κ2) is 31.1. The fourth-order valence-electron chi connectivity index (χ4n) is 15.0. The van der Waals surface area contributed by atoms with Gasteiger partial charge in [-0.05, 0) is 141 Å². The van der Waals surface area contributed by atoms with E-state index in [0.717, 1.165) is 81.7 Å². The average molecular weight is 1300 g/mol. The van der Waals surface area contributed by atoms with Gasteiger partial charge in [-0.1, -0.05) is 53.0 Å². The minimum Gasteiger partial charge on any atom is -0.862 e. The fourth-order valence-corrected chi connectivity index (χ4v) is 17.5. The number of rotatable bonds is 31. The van der Waals surface area contributed by atoms with Crippen molar-refractivity contribution >= 4 is 56.4 Å². The van der Waals surface area contributed by atoms with E-state index in [1.807, 2.05) is 18.7 Å². The monoisotopic (exact) mass is 1300 g/mol. The molecule has 15 atom stereocenters. The standard InChI is InChI=1S/C55H83F3N6O17S3.2Na/c1-32(30-79-83(70,71)72)8-7-9-33(2)36-14-15-37-47-38(16-19-52(36,37)3)53(4)20-17-42(81-84(73,74)75)49(39(53)29-41(47)65)80-46(67)18-21-60-50(68)35-13-12-34(54(63-64-54)55(56,57)58)28-43(35)78-27-26-77-25-24-76-23-22-59-45(66)11-6-5-10-44-48-40(31-82-44)61-51(69)62-48;;/h12-13,28,32-33,36-42,44,47-49,65H,5-11,14-27,29-31H2,1-4H3,(H,59,66)(H,60,68)(H2,61,62,69)(H,70,71,72)(H,73,74,75);;/q;2*+1/p-2/t32-,33+,36+,37-,38-,39-,40-,41+,42+,44-,47-,48-,49+,52+,53+;;/m0../s1. The van der Waals surface area contributed by atoms with Crippen molar-refractivity contribution in [2.75, 3.05) is 58.5 Å². The third kappa shape index (κ3) is 18.2. The number of benzene rings is 1. The number of aliphatic hydroxyl groups is 1. The quantitative estimate of drug-likeness (QED) is 0.0123. The van der Waals surface area contributed by atoms with Gasteiger partial charge in [0.15, 0.2) is 0 Å². The second-order valence-electron chi connectivity index (χ2n) is 24.4. The van der Waals surface area contributed by atoms with Crippen LogP contribution in [-0.4, -0.2) is 155 Å². The number of aliphatic imine (C=N–C) groups is 2. The van der Waals surface area contributed by atoms with Crippen LogP contribution in [-0.2, 0) is 53.8 Å². The van der Waals surface area contributed by atoms with Gasteiger partial charge in [0.25, 0.3) is 0 Å². The minimum atomic E-state index is -5.02. The van der Waals surface area contributed by atoms with Crippen molar-refractivity contribution in [3.8, 4) is 5.75 Å². The number of nitrogens with zero attached hydrogens (tertiary/aromatic N) is 4. The number of hydrogen-bond acceptors (Lipinski definition) is 20. The topological polar surface area (TPSA) is 338 Å². The number of aliphatic hydroxyl groups excluding tert-OH is 1. The first-order valence-electron chi connectivity index (χ1n) is 29.3. The number of alkyl halides is 3. The summed E-state index contributed by atoms with van der Waals surface area (Å²) in [7, 11) is -9.54. The smallest absolute Gasteiger partial charge is 0.862 e.